The second kappa shape index (κ2) is 11.6. The summed E-state index contributed by atoms with van der Waals surface area (Å²) in [5, 5.41) is 10.3. The third kappa shape index (κ3) is 6.73. The molecule has 0 saturated carbocycles. The molecule has 3 heterocycles. The van der Waals surface area contributed by atoms with Crippen LogP contribution in [0.15, 0.2) is 72.6 Å². The molecule has 5 N–H and O–H groups in total. The lowest BCUT2D eigenvalue weighted by Gasteiger charge is -2.04. The maximum absolute atomic E-state index is 12.1. The fourth-order valence-electron chi connectivity index (χ4n) is 2.84. The normalized spacial score (nSPS) is 10.1. The maximum Gasteiger partial charge on any atom is 0.253 e. The zero-order valence-electron chi connectivity index (χ0n) is 18.3. The first-order valence-corrected chi connectivity index (χ1v) is 10.9. The van der Waals surface area contributed by atoms with Crippen LogP contribution in [0.4, 0.5) is 5.13 Å². The van der Waals surface area contributed by atoms with Gasteiger partial charge in [-0.05, 0) is 49.5 Å². The van der Waals surface area contributed by atoms with Gasteiger partial charge in [0.05, 0.1) is 17.8 Å². The van der Waals surface area contributed by atoms with Gasteiger partial charge in [-0.2, -0.15) is 0 Å². The van der Waals surface area contributed by atoms with Gasteiger partial charge < -0.3 is 21.8 Å². The first kappa shape index (κ1) is 23.6. The summed E-state index contributed by atoms with van der Waals surface area (Å²) < 4.78 is 1.27. The van der Waals surface area contributed by atoms with Gasteiger partial charge >= 0.3 is 0 Å². The summed E-state index contributed by atoms with van der Waals surface area (Å²) in [6.07, 6.45) is 6.53. The summed E-state index contributed by atoms with van der Waals surface area (Å²) in [4.78, 5) is 32.6. The van der Waals surface area contributed by atoms with Crippen molar-refractivity contribution in [2.75, 3.05) is 31.8 Å². The minimum Gasteiger partial charge on any atom is -0.343 e. The Morgan fingerprint density at radius 2 is 1.79 bits per heavy atom. The summed E-state index contributed by atoms with van der Waals surface area (Å²) in [5.41, 5.74) is 4.22. The first-order valence-electron chi connectivity index (χ1n) is 10.1. The molecule has 0 atom stereocenters. The smallest absolute Gasteiger partial charge is 0.253 e. The molecule has 1 aromatic carbocycles. The number of hydrogen-bond donors (Lipinski definition) is 4. The van der Waals surface area contributed by atoms with Gasteiger partial charge in [0.25, 0.3) is 5.91 Å². The molecule has 4 rings (SSSR count). The second-order valence-electron chi connectivity index (χ2n) is 6.93. The number of rotatable bonds is 6. The molecule has 0 aliphatic carbocycles. The number of nitrogens with one attached hydrogen (secondary N) is 3. The monoisotopic (exact) mass is 463 g/mol. The van der Waals surface area contributed by atoms with Gasteiger partial charge in [-0.3, -0.25) is 19.2 Å². The highest BCUT2D eigenvalue weighted by molar-refractivity contribution is 7.14. The van der Waals surface area contributed by atoms with Crippen LogP contribution in [-0.2, 0) is 4.79 Å². The summed E-state index contributed by atoms with van der Waals surface area (Å²) in [6.45, 7) is -0.166. The molecule has 0 aliphatic rings. The average molecular weight is 464 g/mol. The summed E-state index contributed by atoms with van der Waals surface area (Å²) in [5.74, 6) is 4.78. The molecule has 0 saturated heterocycles. The Balaban J connectivity index is 0.000000968. The number of thiazole rings is 1. The highest BCUT2D eigenvalue weighted by Gasteiger charge is 2.12. The Labute approximate surface area is 195 Å². The highest BCUT2D eigenvalue weighted by atomic mass is 32.1. The molecule has 0 unspecified atom stereocenters. The SMILES string of the molecule is CNC.Nn1ccc(C(=O)NCC(=O)Nc2nc(-c3cccc(-c4ccncc4)c3)cs2)c1. The predicted octanol–water partition coefficient (Wildman–Crippen LogP) is 2.59. The van der Waals surface area contributed by atoms with Gasteiger partial charge in [0, 0.05) is 35.7 Å². The van der Waals surface area contributed by atoms with Crippen molar-refractivity contribution in [3.05, 3.63) is 78.2 Å². The van der Waals surface area contributed by atoms with E-state index in [4.69, 9.17) is 5.84 Å². The van der Waals surface area contributed by atoms with Crippen molar-refractivity contribution in [2.24, 2.45) is 0 Å². The van der Waals surface area contributed by atoms with Crippen molar-refractivity contribution in [3.63, 3.8) is 0 Å². The molecule has 0 bridgehead atoms. The van der Waals surface area contributed by atoms with Crippen LogP contribution in [0.2, 0.25) is 0 Å². The van der Waals surface area contributed by atoms with E-state index in [1.54, 1.807) is 24.7 Å². The van der Waals surface area contributed by atoms with E-state index < -0.39 is 0 Å². The molecular formula is C23H25N7O2S. The number of carbonyl (C=O) groups excluding carboxylic acids is 2. The molecule has 0 radical (unpaired) electrons. The van der Waals surface area contributed by atoms with E-state index in [-0.39, 0.29) is 18.4 Å². The third-order valence-corrected chi connectivity index (χ3v) is 5.07. The van der Waals surface area contributed by atoms with Crippen LogP contribution in [0.1, 0.15) is 10.4 Å². The number of nitrogens with two attached hydrogens (primary N) is 1. The van der Waals surface area contributed by atoms with E-state index in [2.05, 4.69) is 25.9 Å². The van der Waals surface area contributed by atoms with E-state index in [9.17, 15) is 9.59 Å². The zero-order chi connectivity index (χ0) is 23.6. The molecular weight excluding hydrogens is 438 g/mol. The minimum atomic E-state index is -0.373. The number of pyridine rings is 1. The van der Waals surface area contributed by atoms with E-state index in [0.717, 1.165) is 22.4 Å². The van der Waals surface area contributed by atoms with Crippen molar-refractivity contribution in [1.82, 2.24) is 25.3 Å². The predicted molar refractivity (Wildman–Crippen MR) is 131 cm³/mol. The van der Waals surface area contributed by atoms with E-state index in [1.807, 2.05) is 55.9 Å². The third-order valence-electron chi connectivity index (χ3n) is 4.31. The number of nitrogen functional groups attached to an aromatic ring is 1. The fourth-order valence-corrected chi connectivity index (χ4v) is 3.58. The second-order valence-corrected chi connectivity index (χ2v) is 7.79. The molecule has 9 nitrogen and oxygen atoms in total. The van der Waals surface area contributed by atoms with Crippen LogP contribution in [0, 0.1) is 0 Å². The molecule has 3 aromatic heterocycles. The Hall–Kier alpha value is -4.02. The summed E-state index contributed by atoms with van der Waals surface area (Å²) in [7, 11) is 3.75. The van der Waals surface area contributed by atoms with Crippen molar-refractivity contribution >= 4 is 28.3 Å². The molecule has 4 aromatic rings. The number of hydrogen-bond acceptors (Lipinski definition) is 7. The first-order chi connectivity index (χ1) is 16.0. The number of benzene rings is 1. The largest absolute Gasteiger partial charge is 0.343 e. The van der Waals surface area contributed by atoms with Crippen LogP contribution in [0.3, 0.4) is 0 Å². The van der Waals surface area contributed by atoms with Gasteiger partial charge in [0.2, 0.25) is 5.91 Å². The molecule has 0 spiro atoms. The van der Waals surface area contributed by atoms with Crippen LogP contribution in [-0.4, -0.2) is 47.1 Å². The van der Waals surface area contributed by atoms with Crippen molar-refractivity contribution in [2.45, 2.75) is 0 Å². The van der Waals surface area contributed by atoms with Gasteiger partial charge in [0.1, 0.15) is 0 Å². The van der Waals surface area contributed by atoms with Gasteiger partial charge in [-0.15, -0.1) is 11.3 Å². The minimum absolute atomic E-state index is 0.166. The van der Waals surface area contributed by atoms with Crippen molar-refractivity contribution in [3.8, 4) is 22.4 Å². The average Bonchev–Trinajstić information content (AvgIpc) is 3.48. The van der Waals surface area contributed by atoms with E-state index >= 15 is 0 Å². The van der Waals surface area contributed by atoms with Crippen LogP contribution >= 0.6 is 11.3 Å². The Bertz CT molecular complexity index is 1200. The Kier molecular flexibility index (Phi) is 8.28. The van der Waals surface area contributed by atoms with Crippen LogP contribution in [0.5, 0.6) is 0 Å². The quantitative estimate of drug-likeness (QED) is 0.326. The molecule has 170 valence electrons. The van der Waals surface area contributed by atoms with E-state index in [0.29, 0.717) is 10.7 Å². The summed E-state index contributed by atoms with van der Waals surface area (Å²) in [6, 6.07) is 13.5. The highest BCUT2D eigenvalue weighted by Crippen LogP contribution is 2.28. The molecule has 2 amide bonds. The number of anilines is 1. The van der Waals surface area contributed by atoms with Crippen molar-refractivity contribution < 1.29 is 9.59 Å². The van der Waals surface area contributed by atoms with Crippen LogP contribution < -0.4 is 21.8 Å². The Morgan fingerprint density at radius 3 is 2.48 bits per heavy atom. The number of nitrogens with zero attached hydrogens (tertiary/aromatic N) is 3. The number of amides is 2. The molecule has 0 fully saturated rings. The number of carbonyl (C=O) groups is 2. The van der Waals surface area contributed by atoms with Gasteiger partial charge in [-0.1, -0.05) is 18.2 Å². The lowest BCUT2D eigenvalue weighted by Crippen LogP contribution is -2.32. The lowest BCUT2D eigenvalue weighted by atomic mass is 10.0. The zero-order valence-corrected chi connectivity index (χ0v) is 19.1. The van der Waals surface area contributed by atoms with Crippen molar-refractivity contribution in [1.29, 1.82) is 0 Å². The summed E-state index contributed by atoms with van der Waals surface area (Å²) >= 11 is 1.32. The maximum atomic E-state index is 12.1. The van der Waals surface area contributed by atoms with Gasteiger partial charge in [0.15, 0.2) is 5.13 Å². The molecule has 0 aliphatic heterocycles. The lowest BCUT2D eigenvalue weighted by molar-refractivity contribution is -0.115. The number of aromatic nitrogens is 3. The van der Waals surface area contributed by atoms with Gasteiger partial charge in [-0.25, -0.2) is 4.98 Å². The van der Waals surface area contributed by atoms with E-state index in [1.165, 1.54) is 22.2 Å². The Morgan fingerprint density at radius 1 is 1.06 bits per heavy atom. The standard InChI is InChI=1S/C21H18N6O2S.C2H7N/c22-27-9-6-17(12-27)20(29)24-11-19(28)26-21-25-18(13-30-21)16-3-1-2-15(10-16)14-4-7-23-8-5-14;1-3-2/h1-10,12-13H,11,22H2,(H,24,29)(H,25,26,28);3H,1-2H3. The fraction of sp³-hybridized carbons (Fsp3) is 0.130. The molecule has 10 heteroatoms. The van der Waals surface area contributed by atoms with Crippen LogP contribution in [0.25, 0.3) is 22.4 Å². The molecule has 33 heavy (non-hydrogen) atoms. The topological polar surface area (TPSA) is 127 Å².